The van der Waals surface area contributed by atoms with E-state index in [1.54, 1.807) is 18.3 Å². The van der Waals surface area contributed by atoms with Crippen LogP contribution < -0.4 is 0 Å². The lowest BCUT2D eigenvalue weighted by molar-refractivity contribution is 0.0994. The van der Waals surface area contributed by atoms with E-state index in [2.05, 4.69) is 20.9 Å². The average Bonchev–Trinajstić information content (AvgIpc) is 2.84. The third-order valence-electron chi connectivity index (χ3n) is 3.22. The van der Waals surface area contributed by atoms with Crippen molar-refractivity contribution in [2.45, 2.75) is 6.42 Å². The van der Waals surface area contributed by atoms with Gasteiger partial charge in [-0.05, 0) is 35.9 Å². The minimum absolute atomic E-state index is 0.0941. The zero-order valence-corrected chi connectivity index (χ0v) is 12.8. The molecule has 1 heterocycles. The molecular weight excluding hydrogens is 338 g/mol. The number of aromatic amines is 1. The van der Waals surface area contributed by atoms with Crippen LogP contribution in [0.15, 0.2) is 53.1 Å². The number of carbonyl (C=O) groups excluding carboxylic acids is 1. The summed E-state index contributed by atoms with van der Waals surface area (Å²) in [5, 5.41) is 1.62. The van der Waals surface area contributed by atoms with Crippen LogP contribution in [0.4, 0.5) is 0 Å². The number of ketones is 1. The summed E-state index contributed by atoms with van der Waals surface area (Å²) >= 11 is 9.28. The van der Waals surface area contributed by atoms with Gasteiger partial charge >= 0.3 is 0 Å². The average molecular weight is 349 g/mol. The molecule has 0 unspecified atom stereocenters. The number of rotatable bonds is 3. The predicted octanol–water partition coefficient (Wildman–Crippen LogP) is 5.01. The number of aromatic nitrogens is 1. The molecule has 3 aromatic rings. The molecule has 0 saturated heterocycles. The van der Waals surface area contributed by atoms with E-state index in [-0.39, 0.29) is 5.78 Å². The number of H-pyrrole nitrogens is 1. The second-order valence-corrected chi connectivity index (χ2v) is 5.97. The van der Waals surface area contributed by atoms with Gasteiger partial charge in [0.15, 0.2) is 5.78 Å². The van der Waals surface area contributed by atoms with Gasteiger partial charge in [0.1, 0.15) is 0 Å². The van der Waals surface area contributed by atoms with Crippen molar-refractivity contribution in [2.24, 2.45) is 0 Å². The number of fused-ring (bicyclic) bond motifs is 1. The van der Waals surface area contributed by atoms with Gasteiger partial charge in [0, 0.05) is 38.6 Å². The van der Waals surface area contributed by atoms with Crippen LogP contribution in [0.25, 0.3) is 10.9 Å². The molecule has 2 nitrogen and oxygen atoms in total. The highest BCUT2D eigenvalue weighted by Gasteiger charge is 2.12. The van der Waals surface area contributed by atoms with Gasteiger partial charge in [-0.2, -0.15) is 0 Å². The molecule has 2 aromatic carbocycles. The highest BCUT2D eigenvalue weighted by atomic mass is 79.9. The molecule has 1 N–H and O–H groups in total. The molecule has 4 heteroatoms. The fourth-order valence-corrected chi connectivity index (χ4v) is 2.69. The van der Waals surface area contributed by atoms with E-state index in [1.165, 1.54) is 0 Å². The Morgan fingerprint density at radius 1 is 1.15 bits per heavy atom. The van der Waals surface area contributed by atoms with E-state index in [0.29, 0.717) is 11.4 Å². The third kappa shape index (κ3) is 2.65. The summed E-state index contributed by atoms with van der Waals surface area (Å²) in [6.45, 7) is 0. The number of hydrogen-bond acceptors (Lipinski definition) is 1. The molecule has 0 aliphatic heterocycles. The SMILES string of the molecule is O=C(Cc1ccc(Cl)cc1)c1c[nH]c2ccc(Br)cc12. The van der Waals surface area contributed by atoms with Gasteiger partial charge in [0.2, 0.25) is 0 Å². The van der Waals surface area contributed by atoms with Crippen molar-refractivity contribution in [3.63, 3.8) is 0 Å². The van der Waals surface area contributed by atoms with Crippen LogP contribution in [0, 0.1) is 0 Å². The molecule has 20 heavy (non-hydrogen) atoms. The third-order valence-corrected chi connectivity index (χ3v) is 3.97. The van der Waals surface area contributed by atoms with Crippen molar-refractivity contribution in [1.29, 1.82) is 0 Å². The molecule has 0 amide bonds. The van der Waals surface area contributed by atoms with Crippen LogP contribution in [0.3, 0.4) is 0 Å². The number of hydrogen-bond donors (Lipinski definition) is 1. The smallest absolute Gasteiger partial charge is 0.169 e. The Morgan fingerprint density at radius 2 is 1.90 bits per heavy atom. The van der Waals surface area contributed by atoms with Gasteiger partial charge < -0.3 is 4.98 Å². The van der Waals surface area contributed by atoms with E-state index in [0.717, 1.165) is 26.5 Å². The standard InChI is InChI=1S/C16H11BrClNO/c17-11-3-6-15-13(8-11)14(9-19-15)16(20)7-10-1-4-12(18)5-2-10/h1-6,8-9,19H,7H2. The highest BCUT2D eigenvalue weighted by Crippen LogP contribution is 2.24. The molecule has 100 valence electrons. The summed E-state index contributed by atoms with van der Waals surface area (Å²) in [6, 6.07) is 13.2. The first kappa shape index (κ1) is 13.4. The van der Waals surface area contributed by atoms with Gasteiger partial charge in [0.25, 0.3) is 0 Å². The molecule has 1 aromatic heterocycles. The van der Waals surface area contributed by atoms with Crippen LogP contribution in [-0.4, -0.2) is 10.8 Å². The first-order valence-corrected chi connectivity index (χ1v) is 7.35. The first-order chi connectivity index (χ1) is 9.63. The quantitative estimate of drug-likeness (QED) is 0.663. The fraction of sp³-hybridized carbons (Fsp3) is 0.0625. The maximum absolute atomic E-state index is 12.4. The number of Topliss-reactive ketones (excluding diaryl/α,β-unsaturated/α-hetero) is 1. The minimum atomic E-state index is 0.0941. The summed E-state index contributed by atoms with van der Waals surface area (Å²) in [6.07, 6.45) is 2.14. The van der Waals surface area contributed by atoms with Gasteiger partial charge in [-0.15, -0.1) is 0 Å². The molecule has 0 bridgehead atoms. The Bertz CT molecular complexity index is 777. The Kier molecular flexibility index (Phi) is 3.64. The molecule has 0 radical (unpaired) electrons. The Balaban J connectivity index is 1.92. The molecular formula is C16H11BrClNO. The summed E-state index contributed by atoms with van der Waals surface area (Å²) in [5.41, 5.74) is 2.65. The van der Waals surface area contributed by atoms with Gasteiger partial charge in [0.05, 0.1) is 0 Å². The Morgan fingerprint density at radius 3 is 2.65 bits per heavy atom. The summed E-state index contributed by atoms with van der Waals surface area (Å²) in [4.78, 5) is 15.5. The van der Waals surface area contributed by atoms with Crippen molar-refractivity contribution < 1.29 is 4.79 Å². The van der Waals surface area contributed by atoms with E-state index in [1.807, 2.05) is 30.3 Å². The number of halogens is 2. The summed E-state index contributed by atoms with van der Waals surface area (Å²) in [5.74, 6) is 0.0941. The molecule has 0 aliphatic rings. The van der Waals surface area contributed by atoms with Gasteiger partial charge in [-0.3, -0.25) is 4.79 Å². The molecule has 0 fully saturated rings. The highest BCUT2D eigenvalue weighted by molar-refractivity contribution is 9.10. The zero-order valence-electron chi connectivity index (χ0n) is 10.5. The summed E-state index contributed by atoms with van der Waals surface area (Å²) < 4.78 is 0.963. The van der Waals surface area contributed by atoms with E-state index < -0.39 is 0 Å². The lowest BCUT2D eigenvalue weighted by atomic mass is 10.0. The molecule has 3 rings (SSSR count). The molecule has 0 saturated carbocycles. The number of benzene rings is 2. The lowest BCUT2D eigenvalue weighted by Crippen LogP contribution is -2.02. The van der Waals surface area contributed by atoms with Crippen LogP contribution in [-0.2, 0) is 6.42 Å². The monoisotopic (exact) mass is 347 g/mol. The van der Waals surface area contributed by atoms with Crippen molar-refractivity contribution in [2.75, 3.05) is 0 Å². The molecule has 0 aliphatic carbocycles. The van der Waals surface area contributed by atoms with Crippen LogP contribution >= 0.6 is 27.5 Å². The van der Waals surface area contributed by atoms with Gasteiger partial charge in [-0.1, -0.05) is 39.7 Å². The second-order valence-electron chi connectivity index (χ2n) is 4.62. The normalized spacial score (nSPS) is 10.9. The molecule has 0 spiro atoms. The maximum Gasteiger partial charge on any atom is 0.169 e. The fourth-order valence-electron chi connectivity index (χ4n) is 2.21. The minimum Gasteiger partial charge on any atom is -0.360 e. The lowest BCUT2D eigenvalue weighted by Gasteiger charge is -2.01. The van der Waals surface area contributed by atoms with E-state index in [9.17, 15) is 4.79 Å². The van der Waals surface area contributed by atoms with Crippen molar-refractivity contribution in [3.8, 4) is 0 Å². The topological polar surface area (TPSA) is 32.9 Å². The van der Waals surface area contributed by atoms with Crippen molar-refractivity contribution >= 4 is 44.2 Å². The van der Waals surface area contributed by atoms with E-state index in [4.69, 9.17) is 11.6 Å². The van der Waals surface area contributed by atoms with E-state index >= 15 is 0 Å². The zero-order chi connectivity index (χ0) is 14.1. The second kappa shape index (κ2) is 5.43. The predicted molar refractivity (Wildman–Crippen MR) is 85.5 cm³/mol. The Labute approximate surface area is 129 Å². The largest absolute Gasteiger partial charge is 0.360 e. The Hall–Kier alpha value is -1.58. The number of nitrogens with one attached hydrogen (secondary N) is 1. The maximum atomic E-state index is 12.4. The van der Waals surface area contributed by atoms with Crippen LogP contribution in [0.5, 0.6) is 0 Å². The molecule has 0 atom stereocenters. The first-order valence-electron chi connectivity index (χ1n) is 6.18. The summed E-state index contributed by atoms with van der Waals surface area (Å²) in [7, 11) is 0. The van der Waals surface area contributed by atoms with Crippen molar-refractivity contribution in [1.82, 2.24) is 4.98 Å². The van der Waals surface area contributed by atoms with Gasteiger partial charge in [-0.25, -0.2) is 0 Å². The van der Waals surface area contributed by atoms with Crippen LogP contribution in [0.1, 0.15) is 15.9 Å². The van der Waals surface area contributed by atoms with Crippen molar-refractivity contribution in [3.05, 3.63) is 69.3 Å². The van der Waals surface area contributed by atoms with Crippen LogP contribution in [0.2, 0.25) is 5.02 Å². The number of carbonyl (C=O) groups is 1.